The lowest BCUT2D eigenvalue weighted by molar-refractivity contribution is 0.0974. The summed E-state index contributed by atoms with van der Waals surface area (Å²) in [5, 5.41) is 4.10. The van der Waals surface area contributed by atoms with Crippen molar-refractivity contribution in [3.8, 4) is 0 Å². The van der Waals surface area contributed by atoms with Gasteiger partial charge in [0.1, 0.15) is 0 Å². The molecule has 3 rings (SSSR count). The second-order valence-corrected chi connectivity index (χ2v) is 9.12. The molecule has 104 valence electrons. The van der Waals surface area contributed by atoms with Crippen LogP contribution in [0.25, 0.3) is 0 Å². The quantitative estimate of drug-likeness (QED) is 0.766. The summed E-state index contributed by atoms with van der Waals surface area (Å²) in [4.78, 5) is 0. The van der Waals surface area contributed by atoms with Crippen molar-refractivity contribution in [1.82, 2.24) is 5.32 Å². The molecule has 1 heteroatoms. The summed E-state index contributed by atoms with van der Waals surface area (Å²) in [6.07, 6.45) is 8.55. The third kappa shape index (κ3) is 1.85. The number of hydrogen-bond donors (Lipinski definition) is 1. The average Bonchev–Trinajstić information content (AvgIpc) is 2.83. The Morgan fingerprint density at radius 1 is 0.889 bits per heavy atom. The van der Waals surface area contributed by atoms with Crippen molar-refractivity contribution in [3.05, 3.63) is 0 Å². The zero-order chi connectivity index (χ0) is 13.2. The molecule has 0 aromatic rings. The molecule has 1 nitrogen and oxygen atoms in total. The fourth-order valence-electron chi connectivity index (χ4n) is 5.53. The van der Waals surface area contributed by atoms with Gasteiger partial charge in [-0.1, -0.05) is 34.6 Å². The number of nitrogens with one attached hydrogen (secondary N) is 1. The highest BCUT2D eigenvalue weighted by atomic mass is 15.0. The van der Waals surface area contributed by atoms with Gasteiger partial charge in [-0.3, -0.25) is 0 Å². The van der Waals surface area contributed by atoms with Crippen molar-refractivity contribution in [2.75, 3.05) is 0 Å². The number of fused-ring (bicyclic) bond motifs is 2. The zero-order valence-corrected chi connectivity index (χ0v) is 13.0. The molecule has 18 heavy (non-hydrogen) atoms. The van der Waals surface area contributed by atoms with Crippen LogP contribution in [-0.4, -0.2) is 12.1 Å². The van der Waals surface area contributed by atoms with E-state index in [2.05, 4.69) is 39.9 Å². The lowest BCUT2D eigenvalue weighted by Crippen LogP contribution is -2.53. The third-order valence-corrected chi connectivity index (χ3v) is 6.64. The van der Waals surface area contributed by atoms with E-state index in [9.17, 15) is 0 Å². The van der Waals surface area contributed by atoms with E-state index in [0.717, 1.165) is 18.0 Å². The fourth-order valence-corrected chi connectivity index (χ4v) is 5.53. The fraction of sp³-hybridized carbons (Fsp3) is 1.00. The minimum Gasteiger partial charge on any atom is -0.310 e. The lowest BCUT2D eigenvalue weighted by atomic mass is 9.68. The van der Waals surface area contributed by atoms with Crippen molar-refractivity contribution in [2.24, 2.45) is 22.2 Å². The predicted molar refractivity (Wildman–Crippen MR) is 77.6 cm³/mol. The molecule has 0 aromatic carbocycles. The smallest absolute Gasteiger partial charge is 0.0177 e. The van der Waals surface area contributed by atoms with Crippen molar-refractivity contribution >= 4 is 0 Å². The molecule has 4 atom stereocenters. The van der Waals surface area contributed by atoms with Crippen LogP contribution < -0.4 is 5.32 Å². The normalized spacial score (nSPS) is 48.8. The summed E-state index contributed by atoms with van der Waals surface area (Å²) >= 11 is 0. The summed E-state index contributed by atoms with van der Waals surface area (Å²) in [7, 11) is 0. The molecule has 0 aromatic heterocycles. The Balaban J connectivity index is 1.73. The zero-order valence-electron chi connectivity index (χ0n) is 13.0. The lowest BCUT2D eigenvalue weighted by Gasteiger charge is -2.45. The van der Waals surface area contributed by atoms with Crippen LogP contribution in [0, 0.1) is 22.2 Å². The van der Waals surface area contributed by atoms with E-state index in [1.54, 1.807) is 0 Å². The van der Waals surface area contributed by atoms with E-state index in [4.69, 9.17) is 0 Å². The van der Waals surface area contributed by atoms with Gasteiger partial charge < -0.3 is 5.32 Å². The topological polar surface area (TPSA) is 12.0 Å². The summed E-state index contributed by atoms with van der Waals surface area (Å²) in [5.74, 6) is 0.967. The minimum atomic E-state index is 0.514. The predicted octanol–water partition coefficient (Wildman–Crippen LogP) is 4.37. The van der Waals surface area contributed by atoms with Crippen molar-refractivity contribution in [2.45, 2.75) is 85.2 Å². The van der Waals surface area contributed by atoms with E-state index in [1.165, 1.54) is 38.5 Å². The third-order valence-electron chi connectivity index (χ3n) is 6.64. The van der Waals surface area contributed by atoms with E-state index in [1.807, 2.05) is 0 Å². The van der Waals surface area contributed by atoms with Gasteiger partial charge in [-0.25, -0.2) is 0 Å². The number of hydrogen-bond acceptors (Lipinski definition) is 1. The molecule has 1 N–H and O–H groups in total. The molecule has 3 fully saturated rings. The maximum atomic E-state index is 4.10. The van der Waals surface area contributed by atoms with E-state index < -0.39 is 0 Å². The van der Waals surface area contributed by atoms with Gasteiger partial charge in [0.05, 0.1) is 0 Å². The second-order valence-electron chi connectivity index (χ2n) is 9.12. The molecule has 0 aliphatic heterocycles. The summed E-state index contributed by atoms with van der Waals surface area (Å²) < 4.78 is 0. The van der Waals surface area contributed by atoms with Gasteiger partial charge in [0, 0.05) is 12.1 Å². The molecule has 4 unspecified atom stereocenters. The average molecular weight is 249 g/mol. The van der Waals surface area contributed by atoms with Crippen molar-refractivity contribution < 1.29 is 0 Å². The van der Waals surface area contributed by atoms with Crippen LogP contribution in [0.1, 0.15) is 73.1 Å². The molecule has 0 heterocycles. The van der Waals surface area contributed by atoms with Crippen LogP contribution in [0.2, 0.25) is 0 Å². The summed E-state index contributed by atoms with van der Waals surface area (Å²) in [5.41, 5.74) is 1.67. The van der Waals surface area contributed by atoms with Crippen LogP contribution in [0.15, 0.2) is 0 Å². The largest absolute Gasteiger partial charge is 0.310 e. The Hall–Kier alpha value is -0.0400. The van der Waals surface area contributed by atoms with E-state index in [-0.39, 0.29) is 0 Å². The maximum absolute atomic E-state index is 4.10. The molecule has 0 radical (unpaired) electrons. The SMILES string of the molecule is CC1(C)CCC(NC2C3(C)CCC(C3)C2(C)C)C1. The summed E-state index contributed by atoms with van der Waals surface area (Å²) in [6, 6.07) is 1.53. The molecular weight excluding hydrogens is 218 g/mol. The first-order chi connectivity index (χ1) is 8.23. The van der Waals surface area contributed by atoms with Gasteiger partial charge >= 0.3 is 0 Å². The highest BCUT2D eigenvalue weighted by Crippen LogP contribution is 2.62. The van der Waals surface area contributed by atoms with Gasteiger partial charge in [0.25, 0.3) is 0 Å². The highest BCUT2D eigenvalue weighted by molar-refractivity contribution is 5.13. The Morgan fingerprint density at radius 2 is 1.61 bits per heavy atom. The van der Waals surface area contributed by atoms with E-state index >= 15 is 0 Å². The van der Waals surface area contributed by atoms with Gasteiger partial charge in [-0.05, 0) is 60.7 Å². The molecule has 0 spiro atoms. The highest BCUT2D eigenvalue weighted by Gasteiger charge is 2.59. The Bertz CT molecular complexity index is 339. The molecule has 0 saturated heterocycles. The van der Waals surface area contributed by atoms with Gasteiger partial charge in [0.15, 0.2) is 0 Å². The van der Waals surface area contributed by atoms with Gasteiger partial charge in [-0.2, -0.15) is 0 Å². The van der Waals surface area contributed by atoms with Crippen LogP contribution in [0.5, 0.6) is 0 Å². The first-order valence-electron chi connectivity index (χ1n) is 7.99. The Kier molecular flexibility index (Phi) is 2.70. The first kappa shape index (κ1) is 13.0. The number of rotatable bonds is 2. The standard InChI is InChI=1S/C17H31N/c1-15(2)8-7-13(11-15)18-14-16(3,4)12-6-9-17(14,5)10-12/h12-14,18H,6-11H2,1-5H3. The Labute approximate surface area is 113 Å². The maximum Gasteiger partial charge on any atom is 0.0177 e. The molecular formula is C17H31N. The Morgan fingerprint density at radius 3 is 2.11 bits per heavy atom. The molecule has 3 saturated carbocycles. The van der Waals surface area contributed by atoms with Crippen LogP contribution in [0.4, 0.5) is 0 Å². The molecule has 3 aliphatic carbocycles. The van der Waals surface area contributed by atoms with Crippen molar-refractivity contribution in [1.29, 1.82) is 0 Å². The van der Waals surface area contributed by atoms with Crippen molar-refractivity contribution in [3.63, 3.8) is 0 Å². The monoisotopic (exact) mass is 249 g/mol. The first-order valence-corrected chi connectivity index (χ1v) is 7.99. The van der Waals surface area contributed by atoms with E-state index in [0.29, 0.717) is 16.2 Å². The van der Waals surface area contributed by atoms with Gasteiger partial charge in [-0.15, -0.1) is 0 Å². The van der Waals surface area contributed by atoms with Crippen LogP contribution in [-0.2, 0) is 0 Å². The van der Waals surface area contributed by atoms with Crippen LogP contribution >= 0.6 is 0 Å². The van der Waals surface area contributed by atoms with Gasteiger partial charge in [0.2, 0.25) is 0 Å². The second kappa shape index (κ2) is 3.75. The molecule has 0 amide bonds. The minimum absolute atomic E-state index is 0.514. The molecule has 3 aliphatic rings. The molecule has 2 bridgehead atoms. The van der Waals surface area contributed by atoms with Crippen LogP contribution in [0.3, 0.4) is 0 Å². The summed E-state index contributed by atoms with van der Waals surface area (Å²) in [6.45, 7) is 12.4.